The molecule has 0 saturated carbocycles. The molecule has 1 amide bonds. The van der Waals surface area contributed by atoms with Crippen molar-refractivity contribution in [2.75, 3.05) is 11.9 Å². The first kappa shape index (κ1) is 20.1. The summed E-state index contributed by atoms with van der Waals surface area (Å²) >= 11 is 3.33. The van der Waals surface area contributed by atoms with Gasteiger partial charge in [0, 0.05) is 21.8 Å². The molecule has 0 aliphatic carbocycles. The number of H-pyrrole nitrogens is 1. The van der Waals surface area contributed by atoms with E-state index in [9.17, 15) is 24.1 Å². The molecule has 0 atom stereocenters. The fourth-order valence-corrected chi connectivity index (χ4v) is 2.60. The second-order valence-corrected chi connectivity index (χ2v) is 6.64. The summed E-state index contributed by atoms with van der Waals surface area (Å²) < 4.78 is 19.1. The lowest BCUT2D eigenvalue weighted by atomic mass is 10.1. The average molecular weight is 463 g/mol. The number of nitro benzene ring substituents is 1. The highest BCUT2D eigenvalue weighted by molar-refractivity contribution is 9.10. The number of esters is 1. The summed E-state index contributed by atoms with van der Waals surface area (Å²) in [6.45, 7) is -0.642. The van der Waals surface area contributed by atoms with Crippen LogP contribution in [0.5, 0.6) is 0 Å². The van der Waals surface area contributed by atoms with E-state index in [4.69, 9.17) is 4.74 Å². The van der Waals surface area contributed by atoms with Gasteiger partial charge in [0.05, 0.1) is 10.6 Å². The largest absolute Gasteiger partial charge is 0.451 e. The fourth-order valence-electron chi connectivity index (χ4n) is 2.33. The van der Waals surface area contributed by atoms with E-state index in [-0.39, 0.29) is 11.4 Å². The Morgan fingerprint density at radius 2 is 1.93 bits per heavy atom. The lowest BCUT2D eigenvalue weighted by Crippen LogP contribution is -2.21. The molecule has 0 spiro atoms. The smallest absolute Gasteiger partial charge is 0.356 e. The van der Waals surface area contributed by atoms with Gasteiger partial charge < -0.3 is 10.1 Å². The molecular weight excluding hydrogens is 451 g/mol. The molecule has 3 aromatic rings. The summed E-state index contributed by atoms with van der Waals surface area (Å²) in [5.41, 5.74) is 0.566. The van der Waals surface area contributed by atoms with Crippen molar-refractivity contribution in [2.24, 2.45) is 0 Å². The number of carbonyl (C=O) groups is 2. The number of hydrogen-bond acceptors (Lipinski definition) is 6. The Bertz CT molecular complexity index is 1080. The van der Waals surface area contributed by atoms with E-state index in [1.807, 2.05) is 24.3 Å². The Morgan fingerprint density at radius 1 is 1.21 bits per heavy atom. The molecule has 2 N–H and O–H groups in total. The van der Waals surface area contributed by atoms with Crippen LogP contribution in [0.2, 0.25) is 0 Å². The first-order chi connectivity index (χ1) is 13.8. The first-order valence-corrected chi connectivity index (χ1v) is 8.85. The van der Waals surface area contributed by atoms with Gasteiger partial charge in [0.25, 0.3) is 5.91 Å². The van der Waals surface area contributed by atoms with Crippen LogP contribution in [-0.4, -0.2) is 33.6 Å². The molecule has 148 valence electrons. The Balaban J connectivity index is 1.58. The number of rotatable bonds is 6. The zero-order chi connectivity index (χ0) is 21.0. The molecule has 29 heavy (non-hydrogen) atoms. The summed E-state index contributed by atoms with van der Waals surface area (Å²) in [5, 5.41) is 19.6. The molecule has 0 unspecified atom stereocenters. The van der Waals surface area contributed by atoms with Crippen LogP contribution in [0, 0.1) is 15.9 Å². The molecule has 2 aromatic carbocycles. The lowest BCUT2D eigenvalue weighted by Gasteiger charge is -2.06. The van der Waals surface area contributed by atoms with Crippen LogP contribution in [0.1, 0.15) is 10.5 Å². The van der Waals surface area contributed by atoms with Gasteiger partial charge >= 0.3 is 11.7 Å². The number of aromatic nitrogens is 2. The third-order valence-corrected chi connectivity index (χ3v) is 4.23. The number of carbonyl (C=O) groups excluding carboxylic acids is 2. The van der Waals surface area contributed by atoms with Crippen molar-refractivity contribution in [1.82, 2.24) is 10.2 Å². The molecule has 1 heterocycles. The van der Waals surface area contributed by atoms with Gasteiger partial charge in [0.2, 0.25) is 5.82 Å². The zero-order valence-electron chi connectivity index (χ0n) is 14.5. The minimum atomic E-state index is -1.03. The molecule has 0 saturated heterocycles. The van der Waals surface area contributed by atoms with E-state index in [1.54, 1.807) is 0 Å². The van der Waals surface area contributed by atoms with Gasteiger partial charge in [0.1, 0.15) is 5.69 Å². The fraction of sp³-hybridized carbons (Fsp3) is 0.0556. The lowest BCUT2D eigenvalue weighted by molar-refractivity contribution is -0.387. The first-order valence-electron chi connectivity index (χ1n) is 8.06. The Kier molecular flexibility index (Phi) is 5.98. The van der Waals surface area contributed by atoms with Gasteiger partial charge in [-0.05, 0) is 30.3 Å². The van der Waals surface area contributed by atoms with Crippen molar-refractivity contribution in [1.29, 1.82) is 0 Å². The van der Waals surface area contributed by atoms with Gasteiger partial charge in [0.15, 0.2) is 6.61 Å². The number of nitrogens with one attached hydrogen (secondary N) is 2. The Morgan fingerprint density at radius 3 is 2.62 bits per heavy atom. The van der Waals surface area contributed by atoms with Gasteiger partial charge in [-0.15, -0.1) is 0 Å². The van der Waals surface area contributed by atoms with Crippen LogP contribution in [0.15, 0.2) is 53.0 Å². The Labute approximate surface area is 171 Å². The Hall–Kier alpha value is -3.60. The summed E-state index contributed by atoms with van der Waals surface area (Å²) in [4.78, 5) is 33.8. The monoisotopic (exact) mass is 462 g/mol. The summed E-state index contributed by atoms with van der Waals surface area (Å²) in [5.74, 6) is -2.58. The number of nitrogens with zero attached hydrogens (tertiary/aromatic N) is 2. The third kappa shape index (κ3) is 5.02. The highest BCUT2D eigenvalue weighted by Gasteiger charge is 2.17. The van der Waals surface area contributed by atoms with Crippen LogP contribution in [0.25, 0.3) is 11.3 Å². The second-order valence-electron chi connectivity index (χ2n) is 5.72. The molecule has 0 aliphatic rings. The van der Waals surface area contributed by atoms with Crippen LogP contribution >= 0.6 is 15.9 Å². The molecule has 9 nitrogen and oxygen atoms in total. The minimum absolute atomic E-state index is 0.00165. The van der Waals surface area contributed by atoms with Gasteiger partial charge in [-0.1, -0.05) is 28.1 Å². The van der Waals surface area contributed by atoms with Crippen molar-refractivity contribution in [3.8, 4) is 11.3 Å². The minimum Gasteiger partial charge on any atom is -0.451 e. The van der Waals surface area contributed by atoms with Crippen molar-refractivity contribution in [2.45, 2.75) is 0 Å². The van der Waals surface area contributed by atoms with Gasteiger partial charge in [-0.3, -0.25) is 20.0 Å². The maximum absolute atomic E-state index is 13.3. The summed E-state index contributed by atoms with van der Waals surface area (Å²) in [6.07, 6.45) is 0. The van der Waals surface area contributed by atoms with Crippen LogP contribution in [0.4, 0.5) is 15.8 Å². The molecular formula is C18H12BrFN4O5. The van der Waals surface area contributed by atoms with Crippen LogP contribution in [-0.2, 0) is 9.53 Å². The maximum atomic E-state index is 13.3. The van der Waals surface area contributed by atoms with E-state index in [0.717, 1.165) is 28.2 Å². The molecule has 0 radical (unpaired) electrons. The molecule has 0 aliphatic heterocycles. The maximum Gasteiger partial charge on any atom is 0.356 e. The predicted octanol–water partition coefficient (Wildman–Crippen LogP) is 3.68. The predicted molar refractivity (Wildman–Crippen MR) is 104 cm³/mol. The van der Waals surface area contributed by atoms with Crippen molar-refractivity contribution in [3.05, 3.63) is 74.6 Å². The highest BCUT2D eigenvalue weighted by Crippen LogP contribution is 2.22. The number of aromatic amines is 1. The van der Waals surface area contributed by atoms with E-state index in [1.165, 1.54) is 6.07 Å². The van der Waals surface area contributed by atoms with Crippen molar-refractivity contribution < 1.29 is 23.6 Å². The highest BCUT2D eigenvalue weighted by atomic mass is 79.9. The number of amides is 1. The van der Waals surface area contributed by atoms with Crippen molar-refractivity contribution in [3.63, 3.8) is 0 Å². The zero-order valence-corrected chi connectivity index (χ0v) is 16.1. The van der Waals surface area contributed by atoms with E-state index in [2.05, 4.69) is 31.4 Å². The average Bonchev–Trinajstić information content (AvgIpc) is 3.18. The molecule has 11 heteroatoms. The van der Waals surface area contributed by atoms with E-state index < -0.39 is 34.9 Å². The number of ether oxygens (including phenoxy) is 1. The number of benzene rings is 2. The standard InChI is InChI=1S/C18H12BrFN4O5/c19-11-3-1-10(2-4-11)14-8-15(23-22-14)18(26)29-9-17(25)21-12-5-6-13(20)16(7-12)24(27)28/h1-8H,9H2,(H,21,25)(H,22,23). The quantitative estimate of drug-likeness (QED) is 0.326. The van der Waals surface area contributed by atoms with Crippen LogP contribution < -0.4 is 5.32 Å². The number of halogens is 2. The van der Waals surface area contributed by atoms with Crippen molar-refractivity contribution >= 4 is 39.2 Å². The molecule has 0 bridgehead atoms. The second kappa shape index (κ2) is 8.61. The number of anilines is 1. The number of hydrogen-bond donors (Lipinski definition) is 2. The van der Waals surface area contributed by atoms with Gasteiger partial charge in [-0.2, -0.15) is 9.49 Å². The molecule has 3 rings (SSSR count). The molecule has 0 fully saturated rings. The molecule has 1 aromatic heterocycles. The normalized spacial score (nSPS) is 10.4. The van der Waals surface area contributed by atoms with E-state index in [0.29, 0.717) is 5.69 Å². The third-order valence-electron chi connectivity index (χ3n) is 3.70. The van der Waals surface area contributed by atoms with E-state index >= 15 is 0 Å². The summed E-state index contributed by atoms with van der Waals surface area (Å²) in [6, 6.07) is 11.6. The SMILES string of the molecule is O=C(COC(=O)c1cc(-c2ccc(Br)cc2)n[nH]1)Nc1ccc(F)c([N+](=O)[O-])c1. The van der Waals surface area contributed by atoms with Gasteiger partial charge in [-0.25, -0.2) is 4.79 Å². The summed E-state index contributed by atoms with van der Waals surface area (Å²) in [7, 11) is 0. The van der Waals surface area contributed by atoms with Crippen LogP contribution in [0.3, 0.4) is 0 Å². The number of nitro groups is 1. The topological polar surface area (TPSA) is 127 Å².